The molecule has 0 bridgehead atoms. The molecule has 0 spiro atoms. The van der Waals surface area contributed by atoms with Crippen molar-refractivity contribution in [2.24, 2.45) is 0 Å². The van der Waals surface area contributed by atoms with E-state index in [9.17, 15) is 13.6 Å². The lowest BCUT2D eigenvalue weighted by Gasteiger charge is -2.12. The van der Waals surface area contributed by atoms with Crippen LogP contribution in [-0.2, 0) is 0 Å². The van der Waals surface area contributed by atoms with Gasteiger partial charge in [-0.1, -0.05) is 37.6 Å². The van der Waals surface area contributed by atoms with Gasteiger partial charge in [0.15, 0.2) is 0 Å². The number of carbonyl (C=O) groups is 1. The van der Waals surface area contributed by atoms with Gasteiger partial charge in [-0.2, -0.15) is 0 Å². The third-order valence-electron chi connectivity index (χ3n) is 4.15. The summed E-state index contributed by atoms with van der Waals surface area (Å²) in [5, 5.41) is 2.95. The Labute approximate surface area is 166 Å². The number of carbonyl (C=O) groups excluding carboxylic acids is 1. The van der Waals surface area contributed by atoms with Crippen molar-refractivity contribution in [2.75, 3.05) is 5.32 Å². The lowest BCUT2D eigenvalue weighted by Crippen LogP contribution is -2.15. The number of nitrogens with one attached hydrogen (secondary N) is 1. The van der Waals surface area contributed by atoms with Gasteiger partial charge in [-0.15, -0.1) is 0 Å². The molecule has 0 saturated heterocycles. The standard InChI is InChI=1S/C22H18ClF2NO2/c1-13(2)14-6-11-17(23)20(12-14)28-16-9-7-15(8-10-16)26-22(27)21-18(24)4-3-5-19(21)25/h3-13H,1-2H3,(H,26,27). The van der Waals surface area contributed by atoms with Crippen LogP contribution in [0, 0.1) is 11.6 Å². The van der Waals surface area contributed by atoms with Crippen molar-refractivity contribution in [1.82, 2.24) is 0 Å². The monoisotopic (exact) mass is 401 g/mol. The van der Waals surface area contributed by atoms with Gasteiger partial charge >= 0.3 is 0 Å². The van der Waals surface area contributed by atoms with E-state index in [1.54, 1.807) is 30.3 Å². The average molecular weight is 402 g/mol. The quantitative estimate of drug-likeness (QED) is 0.511. The van der Waals surface area contributed by atoms with Crippen molar-refractivity contribution < 1.29 is 18.3 Å². The fourth-order valence-corrected chi connectivity index (χ4v) is 2.76. The number of hydrogen-bond donors (Lipinski definition) is 1. The van der Waals surface area contributed by atoms with Crippen LogP contribution in [0.5, 0.6) is 11.5 Å². The van der Waals surface area contributed by atoms with E-state index in [1.807, 2.05) is 12.1 Å². The van der Waals surface area contributed by atoms with Gasteiger partial charge in [-0.3, -0.25) is 4.79 Å². The minimum Gasteiger partial charge on any atom is -0.456 e. The first kappa shape index (κ1) is 19.8. The number of anilines is 1. The number of ether oxygens (including phenoxy) is 1. The number of halogens is 3. The molecule has 0 radical (unpaired) electrons. The maximum atomic E-state index is 13.7. The van der Waals surface area contributed by atoms with Gasteiger partial charge in [-0.05, 0) is 60.0 Å². The van der Waals surface area contributed by atoms with Crippen LogP contribution < -0.4 is 10.1 Å². The van der Waals surface area contributed by atoms with Crippen LogP contribution in [-0.4, -0.2) is 5.91 Å². The summed E-state index contributed by atoms with van der Waals surface area (Å²) >= 11 is 6.20. The molecule has 1 amide bonds. The van der Waals surface area contributed by atoms with Crippen molar-refractivity contribution >= 4 is 23.2 Å². The van der Waals surface area contributed by atoms with Crippen LogP contribution in [0.25, 0.3) is 0 Å². The van der Waals surface area contributed by atoms with Crippen LogP contribution in [0.2, 0.25) is 5.02 Å². The van der Waals surface area contributed by atoms with Gasteiger partial charge < -0.3 is 10.1 Å². The molecule has 0 saturated carbocycles. The SMILES string of the molecule is CC(C)c1ccc(Cl)c(Oc2ccc(NC(=O)c3c(F)cccc3F)cc2)c1. The average Bonchev–Trinajstić information content (AvgIpc) is 2.64. The minimum absolute atomic E-state index is 0.330. The Hall–Kier alpha value is -2.92. The highest BCUT2D eigenvalue weighted by atomic mass is 35.5. The summed E-state index contributed by atoms with van der Waals surface area (Å²) in [4.78, 5) is 12.1. The highest BCUT2D eigenvalue weighted by Crippen LogP contribution is 2.32. The van der Waals surface area contributed by atoms with E-state index < -0.39 is 23.1 Å². The molecular weight excluding hydrogens is 384 g/mol. The maximum absolute atomic E-state index is 13.7. The molecule has 3 aromatic carbocycles. The molecule has 3 nitrogen and oxygen atoms in total. The third-order valence-corrected chi connectivity index (χ3v) is 4.46. The van der Waals surface area contributed by atoms with Crippen LogP contribution in [0.15, 0.2) is 60.7 Å². The van der Waals surface area contributed by atoms with Gasteiger partial charge in [0, 0.05) is 5.69 Å². The van der Waals surface area contributed by atoms with E-state index in [-0.39, 0.29) is 0 Å². The van der Waals surface area contributed by atoms with E-state index in [1.165, 1.54) is 6.07 Å². The first-order chi connectivity index (χ1) is 13.3. The highest BCUT2D eigenvalue weighted by molar-refractivity contribution is 6.32. The molecule has 0 aliphatic rings. The molecule has 0 aliphatic heterocycles. The molecular formula is C22H18ClF2NO2. The van der Waals surface area contributed by atoms with E-state index >= 15 is 0 Å². The van der Waals surface area contributed by atoms with E-state index in [0.717, 1.165) is 17.7 Å². The van der Waals surface area contributed by atoms with Crippen molar-refractivity contribution in [3.05, 3.63) is 88.4 Å². The van der Waals surface area contributed by atoms with Crippen molar-refractivity contribution in [1.29, 1.82) is 0 Å². The predicted octanol–water partition coefficient (Wildman–Crippen LogP) is 6.79. The Kier molecular flexibility index (Phi) is 5.95. The molecule has 144 valence electrons. The summed E-state index contributed by atoms with van der Waals surface area (Å²) < 4.78 is 33.2. The number of hydrogen-bond acceptors (Lipinski definition) is 2. The Morgan fingerprint density at radius 3 is 2.25 bits per heavy atom. The molecule has 0 unspecified atom stereocenters. The first-order valence-electron chi connectivity index (χ1n) is 8.68. The van der Waals surface area contributed by atoms with E-state index in [4.69, 9.17) is 16.3 Å². The third kappa shape index (κ3) is 4.49. The van der Waals surface area contributed by atoms with Crippen molar-refractivity contribution in [3.8, 4) is 11.5 Å². The molecule has 6 heteroatoms. The second-order valence-corrected chi connectivity index (χ2v) is 6.93. The molecule has 0 heterocycles. The lowest BCUT2D eigenvalue weighted by atomic mass is 10.0. The maximum Gasteiger partial charge on any atom is 0.261 e. The predicted molar refractivity (Wildman–Crippen MR) is 106 cm³/mol. The van der Waals surface area contributed by atoms with Gasteiger partial charge in [0.1, 0.15) is 28.7 Å². The Bertz CT molecular complexity index is 984. The highest BCUT2D eigenvalue weighted by Gasteiger charge is 2.17. The summed E-state index contributed by atoms with van der Waals surface area (Å²) in [7, 11) is 0. The zero-order valence-electron chi connectivity index (χ0n) is 15.3. The van der Waals surface area contributed by atoms with Gasteiger partial charge in [-0.25, -0.2) is 8.78 Å². The van der Waals surface area contributed by atoms with Crippen LogP contribution in [0.1, 0.15) is 35.7 Å². The fourth-order valence-electron chi connectivity index (χ4n) is 2.60. The van der Waals surface area contributed by atoms with E-state index in [2.05, 4.69) is 19.2 Å². The van der Waals surface area contributed by atoms with Crippen molar-refractivity contribution in [2.45, 2.75) is 19.8 Å². The Morgan fingerprint density at radius 2 is 1.64 bits per heavy atom. The Morgan fingerprint density at radius 1 is 1.00 bits per heavy atom. The van der Waals surface area contributed by atoms with Gasteiger partial charge in [0.05, 0.1) is 5.02 Å². The zero-order chi connectivity index (χ0) is 20.3. The molecule has 0 aromatic heterocycles. The Balaban J connectivity index is 1.74. The normalized spacial score (nSPS) is 10.8. The summed E-state index contributed by atoms with van der Waals surface area (Å²) in [5.74, 6) is -1.34. The largest absolute Gasteiger partial charge is 0.456 e. The molecule has 3 aromatic rings. The fraction of sp³-hybridized carbons (Fsp3) is 0.136. The molecule has 0 fully saturated rings. The second-order valence-electron chi connectivity index (χ2n) is 6.52. The summed E-state index contributed by atoms with van der Waals surface area (Å²) in [6.07, 6.45) is 0. The molecule has 28 heavy (non-hydrogen) atoms. The molecule has 0 atom stereocenters. The summed E-state index contributed by atoms with van der Waals surface area (Å²) in [6.45, 7) is 4.14. The van der Waals surface area contributed by atoms with Gasteiger partial charge in [0.2, 0.25) is 0 Å². The summed E-state index contributed by atoms with van der Waals surface area (Å²) in [6, 6.07) is 15.3. The molecule has 3 rings (SSSR count). The van der Waals surface area contributed by atoms with Crippen LogP contribution in [0.3, 0.4) is 0 Å². The smallest absolute Gasteiger partial charge is 0.261 e. The molecule has 1 N–H and O–H groups in total. The summed E-state index contributed by atoms with van der Waals surface area (Å²) in [5.41, 5.74) is 0.845. The topological polar surface area (TPSA) is 38.3 Å². The number of benzene rings is 3. The lowest BCUT2D eigenvalue weighted by molar-refractivity contribution is 0.101. The first-order valence-corrected chi connectivity index (χ1v) is 9.05. The van der Waals surface area contributed by atoms with Crippen LogP contribution >= 0.6 is 11.6 Å². The minimum atomic E-state index is -0.919. The van der Waals surface area contributed by atoms with Crippen LogP contribution in [0.4, 0.5) is 14.5 Å². The zero-order valence-corrected chi connectivity index (χ0v) is 16.1. The number of rotatable bonds is 5. The number of amides is 1. The van der Waals surface area contributed by atoms with E-state index in [0.29, 0.717) is 28.1 Å². The van der Waals surface area contributed by atoms with Gasteiger partial charge in [0.25, 0.3) is 5.91 Å². The second kappa shape index (κ2) is 8.40. The van der Waals surface area contributed by atoms with Crippen molar-refractivity contribution in [3.63, 3.8) is 0 Å². The molecule has 0 aliphatic carbocycles.